The molecule has 3 heterocycles. The Labute approximate surface area is 230 Å². The molecule has 8 nitrogen and oxygen atoms in total. The third-order valence-electron chi connectivity index (χ3n) is 7.77. The van der Waals surface area contributed by atoms with Crippen molar-refractivity contribution < 1.29 is 19.1 Å². The van der Waals surface area contributed by atoms with E-state index in [9.17, 15) is 9.59 Å². The number of nitrogens with zero attached hydrogens (tertiary/aromatic N) is 4. The van der Waals surface area contributed by atoms with Gasteiger partial charge in [-0.15, -0.1) is 0 Å². The van der Waals surface area contributed by atoms with Crippen LogP contribution >= 0.6 is 0 Å². The molecule has 0 radical (unpaired) electrons. The number of amides is 2. The highest BCUT2D eigenvalue weighted by atomic mass is 16.5. The van der Waals surface area contributed by atoms with Gasteiger partial charge in [0.15, 0.2) is 18.1 Å². The van der Waals surface area contributed by atoms with Crippen molar-refractivity contribution in [3.05, 3.63) is 84.2 Å². The van der Waals surface area contributed by atoms with Gasteiger partial charge in [-0.3, -0.25) is 19.5 Å². The minimum Gasteiger partial charge on any atom is -0.493 e. The molecule has 0 saturated carbocycles. The second-order valence-corrected chi connectivity index (χ2v) is 10.2. The van der Waals surface area contributed by atoms with Gasteiger partial charge >= 0.3 is 0 Å². The lowest BCUT2D eigenvalue weighted by atomic mass is 10.1. The first kappa shape index (κ1) is 26.7. The molecule has 39 heavy (non-hydrogen) atoms. The third-order valence-corrected chi connectivity index (χ3v) is 7.77. The Morgan fingerprint density at radius 1 is 0.949 bits per heavy atom. The van der Waals surface area contributed by atoms with Crippen molar-refractivity contribution >= 4 is 17.5 Å². The Morgan fingerprint density at radius 2 is 1.72 bits per heavy atom. The Balaban J connectivity index is 1.45. The highest BCUT2D eigenvalue weighted by Gasteiger charge is 2.36. The topological polar surface area (TPSA) is 75.2 Å². The first-order valence-corrected chi connectivity index (χ1v) is 13.6. The number of aromatic nitrogens is 1. The number of methoxy groups -OCH3 is 1. The SMILES string of the molecule is COc1ccccc1OCC(=O)N1Cc2ccccc2N(C(C)=O)CCC2CCC(C1)N2Cc1cccnc1. The van der Waals surface area contributed by atoms with Crippen LogP contribution in [0.3, 0.4) is 0 Å². The van der Waals surface area contributed by atoms with Crippen LogP contribution in [0, 0.1) is 0 Å². The molecule has 1 aromatic heterocycles. The smallest absolute Gasteiger partial charge is 0.260 e. The molecule has 0 spiro atoms. The van der Waals surface area contributed by atoms with Crippen molar-refractivity contribution in [2.24, 2.45) is 0 Å². The number of carbonyl (C=O) groups is 2. The fraction of sp³-hybridized carbons (Fsp3) is 0.387. The van der Waals surface area contributed by atoms with Crippen LogP contribution in [0.25, 0.3) is 0 Å². The molecule has 8 heteroatoms. The summed E-state index contributed by atoms with van der Waals surface area (Å²) in [5.74, 6) is 1.03. The summed E-state index contributed by atoms with van der Waals surface area (Å²) in [5, 5.41) is 0. The maximum absolute atomic E-state index is 13.7. The Kier molecular flexibility index (Phi) is 8.42. The average Bonchev–Trinajstić information content (AvgIpc) is 3.31. The van der Waals surface area contributed by atoms with Crippen molar-refractivity contribution in [1.82, 2.24) is 14.8 Å². The van der Waals surface area contributed by atoms with Gasteiger partial charge in [-0.25, -0.2) is 0 Å². The number of hydrogen-bond acceptors (Lipinski definition) is 6. The van der Waals surface area contributed by atoms with Gasteiger partial charge in [0, 0.05) is 63.3 Å². The van der Waals surface area contributed by atoms with Crippen molar-refractivity contribution in [3.63, 3.8) is 0 Å². The van der Waals surface area contributed by atoms with Crippen LogP contribution in [0.2, 0.25) is 0 Å². The molecule has 2 amide bonds. The Hall–Kier alpha value is -3.91. The predicted molar refractivity (Wildman–Crippen MR) is 150 cm³/mol. The third kappa shape index (κ3) is 6.23. The fourth-order valence-corrected chi connectivity index (χ4v) is 5.80. The van der Waals surface area contributed by atoms with E-state index in [1.54, 1.807) is 26.3 Å². The monoisotopic (exact) mass is 528 g/mol. The van der Waals surface area contributed by atoms with Gasteiger partial charge in [-0.2, -0.15) is 0 Å². The number of para-hydroxylation sites is 3. The first-order valence-electron chi connectivity index (χ1n) is 13.6. The summed E-state index contributed by atoms with van der Waals surface area (Å²) in [6, 6.07) is 19.8. The van der Waals surface area contributed by atoms with E-state index >= 15 is 0 Å². The first-order chi connectivity index (χ1) is 19.0. The summed E-state index contributed by atoms with van der Waals surface area (Å²) in [6.45, 7) is 3.90. The van der Waals surface area contributed by atoms with Crippen molar-refractivity contribution in [2.45, 2.75) is 51.4 Å². The molecule has 5 rings (SSSR count). The van der Waals surface area contributed by atoms with Gasteiger partial charge in [0.25, 0.3) is 5.91 Å². The summed E-state index contributed by atoms with van der Waals surface area (Å²) >= 11 is 0. The molecule has 2 atom stereocenters. The van der Waals surface area contributed by atoms with Crippen LogP contribution in [0.4, 0.5) is 5.69 Å². The number of carbonyl (C=O) groups excluding carboxylic acids is 2. The number of fused-ring (bicyclic) bond motifs is 3. The van der Waals surface area contributed by atoms with Gasteiger partial charge in [-0.1, -0.05) is 36.4 Å². The zero-order valence-corrected chi connectivity index (χ0v) is 22.7. The van der Waals surface area contributed by atoms with E-state index in [0.29, 0.717) is 37.2 Å². The number of hydrogen-bond donors (Lipinski definition) is 0. The van der Waals surface area contributed by atoms with E-state index in [-0.39, 0.29) is 24.5 Å². The lowest BCUT2D eigenvalue weighted by Crippen LogP contribution is -2.46. The van der Waals surface area contributed by atoms with Crippen LogP contribution in [0.1, 0.15) is 37.3 Å². The van der Waals surface area contributed by atoms with Gasteiger partial charge < -0.3 is 19.3 Å². The van der Waals surface area contributed by atoms with Gasteiger partial charge in [0.2, 0.25) is 5.91 Å². The predicted octanol–water partition coefficient (Wildman–Crippen LogP) is 4.29. The summed E-state index contributed by atoms with van der Waals surface area (Å²) in [5.41, 5.74) is 2.97. The minimum atomic E-state index is -0.103. The lowest BCUT2D eigenvalue weighted by Gasteiger charge is -2.33. The molecule has 2 aromatic carbocycles. The Morgan fingerprint density at radius 3 is 2.49 bits per heavy atom. The molecular formula is C31H36N4O4. The highest BCUT2D eigenvalue weighted by molar-refractivity contribution is 5.92. The summed E-state index contributed by atoms with van der Waals surface area (Å²) in [4.78, 5) is 37.1. The van der Waals surface area contributed by atoms with E-state index < -0.39 is 0 Å². The molecule has 0 aliphatic carbocycles. The van der Waals surface area contributed by atoms with Crippen LogP contribution in [-0.4, -0.2) is 65.5 Å². The normalized spacial score (nSPS) is 19.6. The molecule has 1 fully saturated rings. The molecule has 2 unspecified atom stereocenters. The largest absolute Gasteiger partial charge is 0.493 e. The molecule has 0 N–H and O–H groups in total. The average molecular weight is 529 g/mol. The summed E-state index contributed by atoms with van der Waals surface area (Å²) in [7, 11) is 1.59. The van der Waals surface area contributed by atoms with E-state index in [2.05, 4.69) is 16.0 Å². The highest BCUT2D eigenvalue weighted by Crippen LogP contribution is 2.33. The van der Waals surface area contributed by atoms with Crippen molar-refractivity contribution in [3.8, 4) is 11.5 Å². The zero-order chi connectivity index (χ0) is 27.2. The second-order valence-electron chi connectivity index (χ2n) is 10.2. The van der Waals surface area contributed by atoms with Crippen LogP contribution in [-0.2, 0) is 22.7 Å². The van der Waals surface area contributed by atoms with Gasteiger partial charge in [-0.05, 0) is 54.7 Å². The minimum absolute atomic E-state index is 0.00688. The van der Waals surface area contributed by atoms with Crippen molar-refractivity contribution in [1.29, 1.82) is 0 Å². The van der Waals surface area contributed by atoms with Crippen LogP contribution in [0.5, 0.6) is 11.5 Å². The number of anilines is 1. The molecule has 1 saturated heterocycles. The van der Waals surface area contributed by atoms with Gasteiger partial charge in [0.1, 0.15) is 0 Å². The fourth-order valence-electron chi connectivity index (χ4n) is 5.80. The van der Waals surface area contributed by atoms with Gasteiger partial charge in [0.05, 0.1) is 7.11 Å². The number of ether oxygens (including phenoxy) is 2. The number of benzene rings is 2. The van der Waals surface area contributed by atoms with E-state index in [0.717, 1.165) is 42.6 Å². The number of pyridine rings is 1. The molecule has 2 aliphatic rings. The van der Waals surface area contributed by atoms with Crippen LogP contribution in [0.15, 0.2) is 73.1 Å². The number of rotatable bonds is 6. The van der Waals surface area contributed by atoms with E-state index in [4.69, 9.17) is 9.47 Å². The summed E-state index contributed by atoms with van der Waals surface area (Å²) < 4.78 is 11.3. The molecule has 3 aromatic rings. The Bertz CT molecular complexity index is 1280. The maximum atomic E-state index is 13.7. The summed E-state index contributed by atoms with van der Waals surface area (Å²) in [6.07, 6.45) is 6.58. The zero-order valence-electron chi connectivity index (χ0n) is 22.7. The second kappa shape index (κ2) is 12.3. The van der Waals surface area contributed by atoms with E-state index in [1.807, 2.05) is 64.5 Å². The molecular weight excluding hydrogens is 492 g/mol. The molecule has 204 valence electrons. The molecule has 2 bridgehead atoms. The lowest BCUT2D eigenvalue weighted by molar-refractivity contribution is -0.134. The van der Waals surface area contributed by atoms with Crippen molar-refractivity contribution in [2.75, 3.05) is 31.7 Å². The standard InChI is InChI=1S/C31H36N4O4/c1-23(36)34-17-15-26-13-14-27(35(26)19-24-8-7-16-32-18-24)21-33(20-25-9-3-4-10-28(25)34)31(37)22-39-30-12-6-5-11-29(30)38-2/h3-12,16,18,26-27H,13-15,17,19-22H2,1-2H3. The maximum Gasteiger partial charge on any atom is 0.260 e. The molecule has 2 aliphatic heterocycles. The quantitative estimate of drug-likeness (QED) is 0.475. The van der Waals surface area contributed by atoms with E-state index in [1.165, 1.54) is 0 Å². The van der Waals surface area contributed by atoms with Crippen LogP contribution < -0.4 is 14.4 Å².